The van der Waals surface area contributed by atoms with E-state index in [1.807, 2.05) is 0 Å². The molecule has 84 heavy (non-hydrogen) atoms. The quantitative estimate of drug-likeness (QED) is 0.0324. The van der Waals surface area contributed by atoms with Gasteiger partial charge in [0.15, 0.2) is 23.0 Å². The summed E-state index contributed by atoms with van der Waals surface area (Å²) in [5, 5.41) is 6.59. The Kier molecular flexibility index (Phi) is 43.8. The molecule has 0 atom stereocenters. The highest BCUT2D eigenvalue weighted by Crippen LogP contribution is 2.58. The molecule has 0 heterocycles. The average molecular weight is 1170 g/mol. The normalized spacial score (nSPS) is 11.6. The van der Waals surface area contributed by atoms with Crippen LogP contribution in [0.2, 0.25) is 0 Å². The van der Waals surface area contributed by atoms with E-state index >= 15 is 0 Å². The molecule has 0 spiro atoms. The molecule has 6 nitrogen and oxygen atoms in total. The minimum atomic E-state index is 0.598. The van der Waals surface area contributed by atoms with Gasteiger partial charge in [-0.3, -0.25) is 0 Å². The second-order valence-electron chi connectivity index (χ2n) is 25.4. The largest absolute Gasteiger partial charge is 0.490 e. The van der Waals surface area contributed by atoms with E-state index in [1.165, 1.54) is 243 Å². The van der Waals surface area contributed by atoms with Gasteiger partial charge in [-0.2, -0.15) is 0 Å². The summed E-state index contributed by atoms with van der Waals surface area (Å²) in [6, 6.07) is 13.5. The predicted octanol–water partition coefficient (Wildman–Crippen LogP) is 26.3. The van der Waals surface area contributed by atoms with Crippen molar-refractivity contribution in [3.8, 4) is 34.5 Å². The van der Waals surface area contributed by atoms with Gasteiger partial charge in [-0.15, -0.1) is 0 Å². The van der Waals surface area contributed by atoms with Gasteiger partial charge in [-0.25, -0.2) is 0 Å². The van der Waals surface area contributed by atoms with Crippen LogP contribution in [0.4, 0.5) is 0 Å². The molecular weight excluding hydrogens is 1030 g/mol. The van der Waals surface area contributed by atoms with Crippen molar-refractivity contribution in [3.05, 3.63) is 36.4 Å². The van der Waals surface area contributed by atoms with E-state index in [-0.39, 0.29) is 0 Å². The Hall–Kier alpha value is -3.54. The molecule has 0 aliphatic rings. The van der Waals surface area contributed by atoms with E-state index in [1.54, 1.807) is 0 Å². The van der Waals surface area contributed by atoms with Gasteiger partial charge >= 0.3 is 0 Å². The first-order chi connectivity index (χ1) is 41.7. The molecule has 0 fully saturated rings. The zero-order chi connectivity index (χ0) is 59.6. The third-order valence-corrected chi connectivity index (χ3v) is 17.7. The molecule has 0 saturated carbocycles. The molecule has 0 amide bonds. The summed E-state index contributed by atoms with van der Waals surface area (Å²) in [6.07, 6.45) is 59.8. The number of benzene rings is 4. The maximum atomic E-state index is 7.47. The highest BCUT2D eigenvalue weighted by Gasteiger charge is 2.31. The highest BCUT2D eigenvalue weighted by molar-refractivity contribution is 6.31. The van der Waals surface area contributed by atoms with Crippen molar-refractivity contribution in [2.45, 2.75) is 350 Å². The molecule has 0 aliphatic carbocycles. The van der Waals surface area contributed by atoms with E-state index in [0.29, 0.717) is 45.4 Å². The lowest BCUT2D eigenvalue weighted by atomic mass is 9.91. The number of hydrogen-bond acceptors (Lipinski definition) is 6. The SMILES string of the molecule is CCCCCCCCCCOc1ccc2c3ccccc3c3c(OCCCCCCCCCC)c(OCCCCCCCCCC)c(OCCCCCCCCCC)c(OCCCCCCCCCC)c3c2c1OCCCCCCCCCC. The van der Waals surface area contributed by atoms with Crippen LogP contribution in [0.15, 0.2) is 36.4 Å². The van der Waals surface area contributed by atoms with Gasteiger partial charge < -0.3 is 28.4 Å². The fourth-order valence-electron chi connectivity index (χ4n) is 12.4. The number of hydrogen-bond donors (Lipinski definition) is 0. The average Bonchev–Trinajstić information content (AvgIpc) is 1.44. The molecule has 0 bridgehead atoms. The first kappa shape index (κ1) is 72.9. The molecule has 4 aromatic carbocycles. The molecule has 0 aromatic heterocycles. The number of unbranched alkanes of at least 4 members (excludes halogenated alkanes) is 42. The van der Waals surface area contributed by atoms with Crippen LogP contribution in [0.5, 0.6) is 34.5 Å². The highest BCUT2D eigenvalue weighted by atomic mass is 16.6. The van der Waals surface area contributed by atoms with E-state index in [2.05, 4.69) is 77.9 Å². The Morgan fingerprint density at radius 3 is 0.738 bits per heavy atom. The fourth-order valence-corrected chi connectivity index (χ4v) is 12.4. The maximum Gasteiger partial charge on any atom is 0.208 e. The molecule has 0 radical (unpaired) electrons. The van der Waals surface area contributed by atoms with E-state index in [0.717, 1.165) is 126 Å². The lowest BCUT2D eigenvalue weighted by Gasteiger charge is -2.26. The van der Waals surface area contributed by atoms with Crippen molar-refractivity contribution in [3.63, 3.8) is 0 Å². The smallest absolute Gasteiger partial charge is 0.208 e. The molecule has 0 N–H and O–H groups in total. The number of ether oxygens (including phenoxy) is 6. The Labute approximate surface area is 518 Å². The topological polar surface area (TPSA) is 55.4 Å². The first-order valence-corrected chi connectivity index (χ1v) is 36.9. The Morgan fingerprint density at radius 2 is 0.417 bits per heavy atom. The van der Waals surface area contributed by atoms with Crippen molar-refractivity contribution in [1.82, 2.24) is 0 Å². The van der Waals surface area contributed by atoms with Crippen molar-refractivity contribution >= 4 is 32.3 Å². The maximum absolute atomic E-state index is 7.47. The van der Waals surface area contributed by atoms with Crippen LogP contribution in [0.25, 0.3) is 32.3 Å². The summed E-state index contributed by atoms with van der Waals surface area (Å²) in [7, 11) is 0. The zero-order valence-electron chi connectivity index (χ0n) is 56.1. The number of rotatable bonds is 60. The van der Waals surface area contributed by atoms with Crippen LogP contribution in [-0.2, 0) is 0 Å². The van der Waals surface area contributed by atoms with Gasteiger partial charge in [0.25, 0.3) is 0 Å². The Morgan fingerprint density at radius 1 is 0.190 bits per heavy atom. The predicted molar refractivity (Wildman–Crippen MR) is 368 cm³/mol. The van der Waals surface area contributed by atoms with Crippen molar-refractivity contribution in [1.29, 1.82) is 0 Å². The van der Waals surface area contributed by atoms with Crippen LogP contribution in [0.1, 0.15) is 350 Å². The molecule has 4 aromatic rings. The van der Waals surface area contributed by atoms with E-state index in [9.17, 15) is 0 Å². The summed E-state index contributed by atoms with van der Waals surface area (Å²) in [5.41, 5.74) is 0. The molecule has 0 aliphatic heterocycles. The van der Waals surface area contributed by atoms with E-state index < -0.39 is 0 Å². The zero-order valence-corrected chi connectivity index (χ0v) is 56.1. The minimum Gasteiger partial charge on any atom is -0.490 e. The van der Waals surface area contributed by atoms with Crippen LogP contribution in [0, 0.1) is 0 Å². The Bertz CT molecular complexity index is 2160. The molecule has 0 saturated heterocycles. The van der Waals surface area contributed by atoms with E-state index in [4.69, 9.17) is 28.4 Å². The van der Waals surface area contributed by atoms with Gasteiger partial charge in [-0.1, -0.05) is 335 Å². The van der Waals surface area contributed by atoms with Gasteiger partial charge in [0.05, 0.1) is 39.6 Å². The summed E-state index contributed by atoms with van der Waals surface area (Å²) < 4.78 is 43.8. The second-order valence-corrected chi connectivity index (χ2v) is 25.4. The lowest BCUT2D eigenvalue weighted by Crippen LogP contribution is -2.10. The summed E-state index contributed by atoms with van der Waals surface area (Å²) in [5.74, 6) is 4.68. The Balaban J connectivity index is 1.95. The van der Waals surface area contributed by atoms with Crippen molar-refractivity contribution < 1.29 is 28.4 Å². The fraction of sp³-hybridized carbons (Fsp3) is 0.769. The second kappa shape index (κ2) is 50.5. The first-order valence-electron chi connectivity index (χ1n) is 36.9. The van der Waals surface area contributed by atoms with Crippen LogP contribution in [-0.4, -0.2) is 39.6 Å². The van der Waals surface area contributed by atoms with Gasteiger partial charge in [-0.05, 0) is 66.8 Å². The summed E-state index contributed by atoms with van der Waals surface area (Å²) in [6.45, 7) is 17.6. The third-order valence-electron chi connectivity index (χ3n) is 17.7. The van der Waals surface area contributed by atoms with Crippen LogP contribution >= 0.6 is 0 Å². The van der Waals surface area contributed by atoms with Crippen LogP contribution in [0.3, 0.4) is 0 Å². The summed E-state index contributed by atoms with van der Waals surface area (Å²) >= 11 is 0. The molecule has 0 unspecified atom stereocenters. The third kappa shape index (κ3) is 29.4. The molecule has 480 valence electrons. The summed E-state index contributed by atoms with van der Waals surface area (Å²) in [4.78, 5) is 0. The van der Waals surface area contributed by atoms with Crippen molar-refractivity contribution in [2.24, 2.45) is 0 Å². The standard InChI is InChI=1S/C78H132O6/c1-7-13-19-25-31-37-43-51-61-79-70-60-59-69-67-57-49-50-58-68(67)72-73(71(69)74(70)80-62-52-44-38-32-26-20-14-8-2)76(82-64-54-46-40-34-28-22-16-10-4)78(84-66-56-48-42-36-30-24-18-12-6)77(83-65-55-47-41-35-29-23-17-11-5)75(72)81-63-53-45-39-33-27-21-15-9-3/h49-50,57-60H,7-48,51-56,61-66H2,1-6H3. The van der Waals surface area contributed by atoms with Gasteiger partial charge in [0.1, 0.15) is 0 Å². The van der Waals surface area contributed by atoms with Gasteiger partial charge in [0.2, 0.25) is 11.5 Å². The number of fused-ring (bicyclic) bond motifs is 6. The lowest BCUT2D eigenvalue weighted by molar-refractivity contribution is 0.222. The van der Waals surface area contributed by atoms with Crippen molar-refractivity contribution in [2.75, 3.05) is 39.6 Å². The van der Waals surface area contributed by atoms with Gasteiger partial charge in [0, 0.05) is 16.2 Å². The monoisotopic (exact) mass is 1170 g/mol. The minimum absolute atomic E-state index is 0.598. The molecule has 4 rings (SSSR count). The molecular formula is C78H132O6. The molecule has 6 heteroatoms. The van der Waals surface area contributed by atoms with Crippen LogP contribution < -0.4 is 28.4 Å².